The van der Waals surface area contributed by atoms with Crippen molar-refractivity contribution < 1.29 is 14.3 Å². The average Bonchev–Trinajstić information content (AvgIpc) is 3.26. The SMILES string of the molecule is Cc1csc(NC(=O)Cc2ccc(OCCn3ccnc3)cc2)c1C(N)=O. The number of primary amides is 1. The number of ether oxygens (including phenoxy) is 1. The van der Waals surface area contributed by atoms with Gasteiger partial charge in [-0.15, -0.1) is 11.3 Å². The summed E-state index contributed by atoms with van der Waals surface area (Å²) in [7, 11) is 0. The number of nitrogens with zero attached hydrogens (tertiary/aromatic N) is 2. The Morgan fingerprint density at radius 2 is 2.07 bits per heavy atom. The summed E-state index contributed by atoms with van der Waals surface area (Å²) < 4.78 is 7.62. The first-order chi connectivity index (χ1) is 13.0. The number of aromatic nitrogens is 2. The molecule has 0 bridgehead atoms. The highest BCUT2D eigenvalue weighted by Crippen LogP contribution is 2.27. The van der Waals surface area contributed by atoms with Gasteiger partial charge in [-0.3, -0.25) is 9.59 Å². The van der Waals surface area contributed by atoms with Crippen molar-refractivity contribution >= 4 is 28.2 Å². The quantitative estimate of drug-likeness (QED) is 0.623. The summed E-state index contributed by atoms with van der Waals surface area (Å²) in [6.45, 7) is 3.04. The van der Waals surface area contributed by atoms with Crippen molar-refractivity contribution in [1.29, 1.82) is 0 Å². The molecule has 0 fully saturated rings. The zero-order chi connectivity index (χ0) is 19.2. The number of nitrogens with one attached hydrogen (secondary N) is 1. The Balaban J connectivity index is 1.52. The molecule has 0 aliphatic rings. The number of hydrogen-bond acceptors (Lipinski definition) is 5. The smallest absolute Gasteiger partial charge is 0.251 e. The molecular formula is C19H20N4O3S. The van der Waals surface area contributed by atoms with Gasteiger partial charge in [-0.1, -0.05) is 12.1 Å². The third-order valence-electron chi connectivity index (χ3n) is 3.94. The molecule has 1 aromatic carbocycles. The van der Waals surface area contributed by atoms with Crippen molar-refractivity contribution in [3.63, 3.8) is 0 Å². The molecule has 8 heteroatoms. The third kappa shape index (κ3) is 4.95. The zero-order valence-electron chi connectivity index (χ0n) is 14.8. The fourth-order valence-electron chi connectivity index (χ4n) is 2.59. The van der Waals surface area contributed by atoms with Crippen LogP contribution >= 0.6 is 11.3 Å². The second-order valence-electron chi connectivity index (χ2n) is 6.00. The first-order valence-electron chi connectivity index (χ1n) is 8.38. The first kappa shape index (κ1) is 18.7. The van der Waals surface area contributed by atoms with Crippen LogP contribution in [0.25, 0.3) is 0 Å². The van der Waals surface area contributed by atoms with Crippen LogP contribution in [0.1, 0.15) is 21.5 Å². The van der Waals surface area contributed by atoms with Crippen LogP contribution in [-0.2, 0) is 17.8 Å². The summed E-state index contributed by atoms with van der Waals surface area (Å²) in [5, 5.41) is 5.05. The van der Waals surface area contributed by atoms with Crippen molar-refractivity contribution in [1.82, 2.24) is 9.55 Å². The minimum Gasteiger partial charge on any atom is -0.492 e. The number of amides is 2. The number of rotatable bonds is 8. The van der Waals surface area contributed by atoms with E-state index in [1.165, 1.54) is 11.3 Å². The first-order valence-corrected chi connectivity index (χ1v) is 9.26. The number of nitrogens with two attached hydrogens (primary N) is 1. The standard InChI is InChI=1S/C19H20N4O3S/c1-13-11-27-19(17(13)18(20)25)22-16(24)10-14-2-4-15(5-3-14)26-9-8-23-7-6-21-12-23/h2-7,11-12H,8-10H2,1H3,(H2,20,25)(H,22,24). The monoisotopic (exact) mass is 384 g/mol. The maximum Gasteiger partial charge on any atom is 0.251 e. The number of thiophene rings is 1. The third-order valence-corrected chi connectivity index (χ3v) is 4.95. The molecule has 0 aliphatic heterocycles. The lowest BCUT2D eigenvalue weighted by Gasteiger charge is -2.08. The molecule has 0 unspecified atom stereocenters. The Bertz CT molecular complexity index is 917. The molecule has 2 heterocycles. The van der Waals surface area contributed by atoms with E-state index in [4.69, 9.17) is 10.5 Å². The Morgan fingerprint density at radius 1 is 1.30 bits per heavy atom. The molecule has 0 spiro atoms. The van der Waals surface area contributed by atoms with Crippen molar-refractivity contribution in [2.75, 3.05) is 11.9 Å². The highest BCUT2D eigenvalue weighted by molar-refractivity contribution is 7.15. The van der Waals surface area contributed by atoms with Gasteiger partial charge < -0.3 is 20.4 Å². The van der Waals surface area contributed by atoms with Crippen LogP contribution in [0.15, 0.2) is 48.4 Å². The normalized spacial score (nSPS) is 10.6. The highest BCUT2D eigenvalue weighted by atomic mass is 32.1. The molecule has 7 nitrogen and oxygen atoms in total. The number of anilines is 1. The van der Waals surface area contributed by atoms with E-state index in [2.05, 4.69) is 10.3 Å². The van der Waals surface area contributed by atoms with Crippen LogP contribution in [0.5, 0.6) is 5.75 Å². The summed E-state index contributed by atoms with van der Waals surface area (Å²) in [5.74, 6) is -0.00135. The van der Waals surface area contributed by atoms with Crippen LogP contribution in [0.2, 0.25) is 0 Å². The number of carbonyl (C=O) groups excluding carboxylic acids is 2. The molecule has 27 heavy (non-hydrogen) atoms. The van der Waals surface area contributed by atoms with Crippen LogP contribution in [0, 0.1) is 6.92 Å². The molecule has 3 rings (SSSR count). The lowest BCUT2D eigenvalue weighted by atomic mass is 10.1. The number of aryl methyl sites for hydroxylation is 1. The van der Waals surface area contributed by atoms with Gasteiger partial charge in [-0.05, 0) is 35.6 Å². The average molecular weight is 384 g/mol. The van der Waals surface area contributed by atoms with Crippen molar-refractivity contribution in [3.8, 4) is 5.75 Å². The Kier molecular flexibility index (Phi) is 5.87. The van der Waals surface area contributed by atoms with Gasteiger partial charge in [0.1, 0.15) is 17.4 Å². The molecule has 0 atom stereocenters. The fourth-order valence-corrected chi connectivity index (χ4v) is 3.55. The van der Waals surface area contributed by atoms with Crippen molar-refractivity contribution in [2.45, 2.75) is 19.9 Å². The summed E-state index contributed by atoms with van der Waals surface area (Å²) in [6.07, 6.45) is 5.54. The minimum atomic E-state index is -0.541. The minimum absolute atomic E-state index is 0.199. The second-order valence-corrected chi connectivity index (χ2v) is 6.88. The van der Waals surface area contributed by atoms with E-state index in [9.17, 15) is 9.59 Å². The molecule has 0 radical (unpaired) electrons. The number of carbonyl (C=O) groups is 2. The van der Waals surface area contributed by atoms with Crippen LogP contribution < -0.4 is 15.8 Å². The molecule has 3 aromatic rings. The van der Waals surface area contributed by atoms with Crippen LogP contribution in [0.4, 0.5) is 5.00 Å². The fraction of sp³-hybridized carbons (Fsp3) is 0.211. The van der Waals surface area contributed by atoms with Crippen molar-refractivity contribution in [2.24, 2.45) is 5.73 Å². The van der Waals surface area contributed by atoms with E-state index in [-0.39, 0.29) is 12.3 Å². The summed E-state index contributed by atoms with van der Waals surface area (Å²) in [5.41, 5.74) is 7.36. The van der Waals surface area contributed by atoms with E-state index in [1.807, 2.05) is 35.0 Å². The van der Waals surface area contributed by atoms with Crippen molar-refractivity contribution in [3.05, 3.63) is 65.1 Å². The topological polar surface area (TPSA) is 99.2 Å². The molecule has 0 saturated carbocycles. The molecule has 3 N–H and O–H groups in total. The Labute approximate surface area is 160 Å². The second kappa shape index (κ2) is 8.50. The van der Waals surface area contributed by atoms with Gasteiger partial charge in [0, 0.05) is 12.4 Å². The molecule has 2 aromatic heterocycles. The van der Waals surface area contributed by atoms with Gasteiger partial charge in [-0.25, -0.2) is 4.98 Å². The number of benzene rings is 1. The van der Waals surface area contributed by atoms with Gasteiger partial charge in [0.15, 0.2) is 0 Å². The Morgan fingerprint density at radius 3 is 2.74 bits per heavy atom. The maximum absolute atomic E-state index is 12.3. The van der Waals surface area contributed by atoms with E-state index in [0.29, 0.717) is 23.7 Å². The highest BCUT2D eigenvalue weighted by Gasteiger charge is 2.16. The van der Waals surface area contributed by atoms with E-state index in [1.54, 1.807) is 24.8 Å². The maximum atomic E-state index is 12.3. The molecule has 0 saturated heterocycles. The zero-order valence-corrected chi connectivity index (χ0v) is 15.7. The predicted molar refractivity (Wildman–Crippen MR) is 104 cm³/mol. The van der Waals surface area contributed by atoms with Gasteiger partial charge in [0.05, 0.1) is 24.9 Å². The summed E-state index contributed by atoms with van der Waals surface area (Å²) >= 11 is 1.29. The largest absolute Gasteiger partial charge is 0.492 e. The molecular weight excluding hydrogens is 364 g/mol. The van der Waals surface area contributed by atoms with Gasteiger partial charge >= 0.3 is 0 Å². The molecule has 0 aliphatic carbocycles. The number of hydrogen-bond donors (Lipinski definition) is 2. The lowest BCUT2D eigenvalue weighted by Crippen LogP contribution is -2.18. The van der Waals surface area contributed by atoms with Crippen LogP contribution in [0.3, 0.4) is 0 Å². The Hall–Kier alpha value is -3.13. The van der Waals surface area contributed by atoms with E-state index >= 15 is 0 Å². The summed E-state index contributed by atoms with van der Waals surface area (Å²) in [4.78, 5) is 27.7. The van der Waals surface area contributed by atoms with Crippen LogP contribution in [-0.4, -0.2) is 28.0 Å². The number of imidazole rings is 1. The van der Waals surface area contributed by atoms with E-state index < -0.39 is 5.91 Å². The summed E-state index contributed by atoms with van der Waals surface area (Å²) in [6, 6.07) is 7.36. The van der Waals surface area contributed by atoms with Gasteiger partial charge in [0.2, 0.25) is 5.91 Å². The molecule has 2 amide bonds. The predicted octanol–water partition coefficient (Wildman–Crippen LogP) is 2.61. The molecule has 140 valence electrons. The van der Waals surface area contributed by atoms with E-state index in [0.717, 1.165) is 16.9 Å². The lowest BCUT2D eigenvalue weighted by molar-refractivity contribution is -0.115. The van der Waals surface area contributed by atoms with Gasteiger partial charge in [0.25, 0.3) is 5.91 Å². The van der Waals surface area contributed by atoms with Gasteiger partial charge in [-0.2, -0.15) is 0 Å².